The first-order chi connectivity index (χ1) is 14.0. The van der Waals surface area contributed by atoms with Gasteiger partial charge < -0.3 is 10.0 Å². The maximum Gasteiger partial charge on any atom is 0.333 e. The molecule has 11 heteroatoms. The van der Waals surface area contributed by atoms with Crippen LogP contribution in [-0.4, -0.2) is 43.9 Å². The van der Waals surface area contributed by atoms with E-state index in [1.165, 1.54) is 25.1 Å². The van der Waals surface area contributed by atoms with Crippen molar-refractivity contribution in [2.75, 3.05) is 13.1 Å². The smallest absolute Gasteiger partial charge is 0.333 e. The average molecular weight is 478 g/mol. The maximum atomic E-state index is 12.8. The molecule has 1 aromatic heterocycles. The van der Waals surface area contributed by atoms with Crippen molar-refractivity contribution in [2.24, 2.45) is 30.2 Å². The number of carbonyl (C=O) groups is 2. The molecule has 158 valence electrons. The van der Waals surface area contributed by atoms with Gasteiger partial charge in [-0.05, 0) is 34.0 Å². The molecule has 2 aromatic rings. The van der Waals surface area contributed by atoms with Gasteiger partial charge in [0, 0.05) is 25.1 Å². The van der Waals surface area contributed by atoms with E-state index in [9.17, 15) is 24.3 Å². The fraction of sp³-hybridized carbons (Fsp3) is 0.368. The lowest BCUT2D eigenvalue weighted by atomic mass is 9.95. The highest BCUT2D eigenvalue weighted by Gasteiger charge is 2.33. The first kappa shape index (κ1) is 21.6. The second kappa shape index (κ2) is 7.98. The first-order valence-electron chi connectivity index (χ1n) is 9.10. The lowest BCUT2D eigenvalue weighted by molar-refractivity contribution is 0.0663. The Morgan fingerprint density at radius 1 is 1.07 bits per heavy atom. The van der Waals surface area contributed by atoms with Crippen molar-refractivity contribution in [1.82, 2.24) is 14.0 Å². The summed E-state index contributed by atoms with van der Waals surface area (Å²) in [5.41, 5.74) is -1.65. The zero-order chi connectivity index (χ0) is 22.3. The highest BCUT2D eigenvalue weighted by Crippen LogP contribution is 2.36. The quantitative estimate of drug-likeness (QED) is 0.675. The summed E-state index contributed by atoms with van der Waals surface area (Å²) in [6, 6.07) is 3.10. The van der Waals surface area contributed by atoms with Gasteiger partial charge in [-0.3, -0.25) is 23.5 Å². The summed E-state index contributed by atoms with van der Waals surface area (Å²) < 4.78 is 2.02. The number of Topliss-reactive ketones (excluding diaryl/α,β-unsaturated/α-hetero) is 1. The van der Waals surface area contributed by atoms with E-state index in [0.717, 1.165) is 9.13 Å². The Balaban J connectivity index is 2.14. The van der Waals surface area contributed by atoms with E-state index < -0.39 is 22.8 Å². The van der Waals surface area contributed by atoms with Crippen LogP contribution in [0.5, 0.6) is 5.88 Å². The normalized spacial score (nSPS) is 14.1. The fourth-order valence-electron chi connectivity index (χ4n) is 3.21. The number of fused-ring (bicyclic) bond motifs is 1. The van der Waals surface area contributed by atoms with Crippen LogP contribution in [0.4, 0.5) is 11.4 Å². The molecular weight excluding hydrogens is 458 g/mol. The molecule has 0 radical (unpaired) electrons. The van der Waals surface area contributed by atoms with Crippen LogP contribution in [0, 0.1) is 5.92 Å². The molecule has 0 unspecified atom stereocenters. The highest BCUT2D eigenvalue weighted by atomic mass is 79.9. The number of aromatic nitrogens is 2. The number of carbonyl (C=O) groups excluding carboxylic acids is 2. The zero-order valence-electron chi connectivity index (χ0n) is 16.8. The standard InChI is InChI=1S/C19H20BrN5O5/c1-9(2)7-25-8-12(26)13-10(16(25)27)5-6-11(20)14(13)21-22-15-17(28)23(3)19(30)24(4)18(15)29/h5-6,9,28H,7-8H2,1-4H3. The number of benzene rings is 1. The molecule has 0 aliphatic carbocycles. The number of azo groups is 1. The number of halogens is 1. The van der Waals surface area contributed by atoms with E-state index in [1.807, 2.05) is 13.8 Å². The molecule has 1 aliphatic heterocycles. The van der Waals surface area contributed by atoms with Crippen molar-refractivity contribution in [3.63, 3.8) is 0 Å². The fourth-order valence-corrected chi connectivity index (χ4v) is 3.62. The molecule has 10 nitrogen and oxygen atoms in total. The summed E-state index contributed by atoms with van der Waals surface area (Å²) in [6.07, 6.45) is 0. The molecule has 30 heavy (non-hydrogen) atoms. The molecule has 1 N–H and O–H groups in total. The van der Waals surface area contributed by atoms with Crippen LogP contribution < -0.4 is 11.2 Å². The third-order valence-electron chi connectivity index (χ3n) is 4.71. The third kappa shape index (κ3) is 3.60. The van der Waals surface area contributed by atoms with E-state index >= 15 is 0 Å². The Morgan fingerprint density at radius 2 is 1.70 bits per heavy atom. The molecule has 0 spiro atoms. The molecule has 0 fully saturated rings. The summed E-state index contributed by atoms with van der Waals surface area (Å²) in [5.74, 6) is -1.05. The number of amides is 1. The monoisotopic (exact) mass is 477 g/mol. The van der Waals surface area contributed by atoms with Gasteiger partial charge in [0.15, 0.2) is 5.78 Å². The van der Waals surface area contributed by atoms with Crippen LogP contribution in [-0.2, 0) is 14.1 Å². The molecule has 1 aliphatic rings. The van der Waals surface area contributed by atoms with E-state index in [-0.39, 0.29) is 41.0 Å². The van der Waals surface area contributed by atoms with Gasteiger partial charge in [0.25, 0.3) is 11.5 Å². The lowest BCUT2D eigenvalue weighted by Crippen LogP contribution is -2.43. The summed E-state index contributed by atoms with van der Waals surface area (Å²) in [7, 11) is 2.52. The van der Waals surface area contributed by atoms with Crippen LogP contribution in [0.2, 0.25) is 0 Å². The Labute approximate surface area is 179 Å². The summed E-state index contributed by atoms with van der Waals surface area (Å²) in [6.45, 7) is 4.26. The number of hydrogen-bond acceptors (Lipinski definition) is 7. The van der Waals surface area contributed by atoms with Crippen molar-refractivity contribution in [3.05, 3.63) is 48.6 Å². The van der Waals surface area contributed by atoms with Crippen LogP contribution in [0.25, 0.3) is 0 Å². The minimum absolute atomic E-state index is 0.0744. The molecule has 3 rings (SSSR count). The van der Waals surface area contributed by atoms with Gasteiger partial charge in [-0.2, -0.15) is 0 Å². The van der Waals surface area contributed by atoms with Crippen molar-refractivity contribution in [2.45, 2.75) is 13.8 Å². The molecule has 0 bridgehead atoms. The summed E-state index contributed by atoms with van der Waals surface area (Å²) in [5, 5.41) is 17.9. The predicted molar refractivity (Wildman–Crippen MR) is 112 cm³/mol. The van der Waals surface area contributed by atoms with Gasteiger partial charge >= 0.3 is 5.69 Å². The number of rotatable bonds is 4. The Morgan fingerprint density at radius 3 is 2.33 bits per heavy atom. The molecule has 0 saturated carbocycles. The van der Waals surface area contributed by atoms with E-state index in [0.29, 0.717) is 11.0 Å². The van der Waals surface area contributed by atoms with Crippen LogP contribution in [0.15, 0.2) is 36.4 Å². The molecule has 2 heterocycles. The Hall–Kier alpha value is -3.08. The van der Waals surface area contributed by atoms with Gasteiger partial charge in [-0.25, -0.2) is 4.79 Å². The topological polar surface area (TPSA) is 126 Å². The first-order valence-corrected chi connectivity index (χ1v) is 9.89. The molecule has 0 atom stereocenters. The molecule has 0 saturated heterocycles. The highest BCUT2D eigenvalue weighted by molar-refractivity contribution is 9.10. The lowest BCUT2D eigenvalue weighted by Gasteiger charge is -2.29. The third-order valence-corrected chi connectivity index (χ3v) is 5.35. The van der Waals surface area contributed by atoms with E-state index in [2.05, 4.69) is 26.2 Å². The molecular formula is C19H20BrN5O5. The van der Waals surface area contributed by atoms with Gasteiger partial charge in [-0.15, -0.1) is 10.2 Å². The van der Waals surface area contributed by atoms with Crippen molar-refractivity contribution >= 4 is 39.0 Å². The number of ketones is 1. The van der Waals surface area contributed by atoms with Crippen molar-refractivity contribution < 1.29 is 14.7 Å². The van der Waals surface area contributed by atoms with E-state index in [1.54, 1.807) is 6.07 Å². The minimum atomic E-state index is -0.842. The molecule has 1 aromatic carbocycles. The summed E-state index contributed by atoms with van der Waals surface area (Å²) >= 11 is 3.30. The summed E-state index contributed by atoms with van der Waals surface area (Å²) in [4.78, 5) is 51.3. The minimum Gasteiger partial charge on any atom is -0.493 e. The molecule has 1 amide bonds. The largest absolute Gasteiger partial charge is 0.493 e. The number of aromatic hydroxyl groups is 1. The van der Waals surface area contributed by atoms with Crippen LogP contribution in [0.1, 0.15) is 34.6 Å². The SMILES string of the molecule is CC(C)CN1CC(=O)c2c(ccc(Br)c2N=Nc2c(O)n(C)c(=O)n(C)c2=O)C1=O. The van der Waals surface area contributed by atoms with Crippen molar-refractivity contribution in [3.8, 4) is 5.88 Å². The maximum absolute atomic E-state index is 12.8. The van der Waals surface area contributed by atoms with Crippen LogP contribution >= 0.6 is 15.9 Å². The number of hydrogen-bond donors (Lipinski definition) is 1. The van der Waals surface area contributed by atoms with Gasteiger partial charge in [0.2, 0.25) is 11.6 Å². The van der Waals surface area contributed by atoms with Gasteiger partial charge in [-0.1, -0.05) is 13.8 Å². The second-order valence-corrected chi connectivity index (χ2v) is 8.25. The zero-order valence-corrected chi connectivity index (χ0v) is 18.4. The van der Waals surface area contributed by atoms with Gasteiger partial charge in [0.05, 0.1) is 17.7 Å². The predicted octanol–water partition coefficient (Wildman–Crippen LogP) is 2.26. The Kier molecular flexibility index (Phi) is 5.75. The number of nitrogens with zero attached hydrogens (tertiary/aromatic N) is 5. The van der Waals surface area contributed by atoms with E-state index in [4.69, 9.17) is 0 Å². The Bertz CT molecular complexity index is 1210. The van der Waals surface area contributed by atoms with Gasteiger partial charge in [0.1, 0.15) is 5.69 Å². The van der Waals surface area contributed by atoms with Crippen molar-refractivity contribution in [1.29, 1.82) is 0 Å². The van der Waals surface area contributed by atoms with Crippen LogP contribution in [0.3, 0.4) is 0 Å². The second-order valence-electron chi connectivity index (χ2n) is 7.40. The average Bonchev–Trinajstić information content (AvgIpc) is 2.69.